The Balaban J connectivity index is 1.33. The van der Waals surface area contributed by atoms with Gasteiger partial charge in [-0.1, -0.05) is 24.3 Å². The highest BCUT2D eigenvalue weighted by atomic mass is 32.1. The second kappa shape index (κ2) is 10.5. The lowest BCUT2D eigenvalue weighted by molar-refractivity contribution is -0.121. The minimum Gasteiger partial charge on any atom is -0.494 e. The molecule has 0 unspecified atom stereocenters. The van der Waals surface area contributed by atoms with Crippen LogP contribution in [0, 0.1) is 11.7 Å². The van der Waals surface area contributed by atoms with Crippen molar-refractivity contribution >= 4 is 29.5 Å². The molecule has 0 aliphatic carbocycles. The summed E-state index contributed by atoms with van der Waals surface area (Å²) < 4.78 is 7.59. The molecule has 0 spiro atoms. The van der Waals surface area contributed by atoms with Gasteiger partial charge in [-0.2, -0.15) is 5.10 Å². The number of aryl methyl sites for hydroxylation is 1. The predicted molar refractivity (Wildman–Crippen MR) is 133 cm³/mol. The molecule has 0 radical (unpaired) electrons. The average molecular weight is 480 g/mol. The fourth-order valence-corrected chi connectivity index (χ4v) is 4.25. The van der Waals surface area contributed by atoms with E-state index < -0.39 is 0 Å². The number of aromatic amines is 1. The molecule has 0 bridgehead atoms. The van der Waals surface area contributed by atoms with Crippen LogP contribution in [0.4, 0.5) is 0 Å². The lowest BCUT2D eigenvalue weighted by atomic mass is 10.1. The maximum absolute atomic E-state index is 12.6. The first-order valence-corrected chi connectivity index (χ1v) is 12.0. The van der Waals surface area contributed by atoms with Gasteiger partial charge >= 0.3 is 0 Å². The molecule has 0 saturated heterocycles. The van der Waals surface area contributed by atoms with Crippen LogP contribution in [-0.2, 0) is 17.8 Å². The maximum atomic E-state index is 12.6. The van der Waals surface area contributed by atoms with Crippen LogP contribution in [0.25, 0.3) is 22.6 Å². The van der Waals surface area contributed by atoms with Gasteiger partial charge in [0.2, 0.25) is 5.91 Å². The van der Waals surface area contributed by atoms with Gasteiger partial charge < -0.3 is 10.1 Å². The first kappa shape index (κ1) is 22.9. The summed E-state index contributed by atoms with van der Waals surface area (Å²) in [7, 11) is 0. The van der Waals surface area contributed by atoms with Crippen molar-refractivity contribution in [2.24, 2.45) is 0 Å². The van der Waals surface area contributed by atoms with Crippen molar-refractivity contribution in [2.75, 3.05) is 13.2 Å². The van der Waals surface area contributed by atoms with Crippen LogP contribution >= 0.6 is 23.6 Å². The summed E-state index contributed by atoms with van der Waals surface area (Å²) in [6.45, 7) is 5.19. The highest BCUT2D eigenvalue weighted by molar-refractivity contribution is 7.71. The number of rotatable bonds is 9. The van der Waals surface area contributed by atoms with E-state index in [1.807, 2.05) is 38.1 Å². The zero-order chi connectivity index (χ0) is 23.2. The van der Waals surface area contributed by atoms with Crippen LogP contribution < -0.4 is 10.1 Å². The van der Waals surface area contributed by atoms with E-state index in [4.69, 9.17) is 17.0 Å². The Morgan fingerprint density at radius 3 is 2.55 bits per heavy atom. The molecule has 0 aliphatic rings. The van der Waals surface area contributed by atoms with Gasteiger partial charge in [-0.25, -0.2) is 4.98 Å². The smallest absolute Gasteiger partial charge is 0.240 e. The molecule has 0 atom stereocenters. The van der Waals surface area contributed by atoms with Crippen molar-refractivity contribution in [2.45, 2.75) is 26.8 Å². The third kappa shape index (κ3) is 5.74. The Labute approximate surface area is 201 Å². The van der Waals surface area contributed by atoms with Gasteiger partial charge in [0.25, 0.3) is 0 Å². The number of hydrogen-bond donors (Lipinski definition) is 2. The molecule has 0 aliphatic heterocycles. The molecule has 33 heavy (non-hydrogen) atoms. The van der Waals surface area contributed by atoms with Gasteiger partial charge in [-0.15, -0.1) is 11.3 Å². The lowest BCUT2D eigenvalue weighted by Crippen LogP contribution is -2.29. The van der Waals surface area contributed by atoms with Crippen LogP contribution in [0.3, 0.4) is 0 Å². The maximum Gasteiger partial charge on any atom is 0.240 e. The van der Waals surface area contributed by atoms with E-state index in [1.54, 1.807) is 15.9 Å². The van der Waals surface area contributed by atoms with Gasteiger partial charge in [0.1, 0.15) is 12.3 Å². The Morgan fingerprint density at radius 2 is 1.88 bits per heavy atom. The Bertz CT molecular complexity index is 1270. The van der Waals surface area contributed by atoms with Gasteiger partial charge in [0.15, 0.2) is 10.6 Å². The molecule has 4 aromatic rings. The van der Waals surface area contributed by atoms with Crippen molar-refractivity contribution in [3.63, 3.8) is 0 Å². The van der Waals surface area contributed by atoms with Crippen LogP contribution in [0.1, 0.15) is 17.5 Å². The number of nitrogens with zero attached hydrogens (tertiary/aromatic N) is 3. The highest BCUT2D eigenvalue weighted by Gasteiger charge is 2.12. The topological polar surface area (TPSA) is 84.8 Å². The summed E-state index contributed by atoms with van der Waals surface area (Å²) in [6.07, 6.45) is 0.741. The number of ether oxygens (including phenoxy) is 1. The molecule has 0 fully saturated rings. The molecule has 9 heteroatoms. The number of amides is 1. The van der Waals surface area contributed by atoms with E-state index in [0.29, 0.717) is 23.7 Å². The van der Waals surface area contributed by atoms with Crippen molar-refractivity contribution in [1.29, 1.82) is 0 Å². The molecule has 2 N–H and O–H groups in total. The van der Waals surface area contributed by atoms with Gasteiger partial charge in [-0.3, -0.25) is 14.5 Å². The highest BCUT2D eigenvalue weighted by Crippen LogP contribution is 2.22. The second-order valence-electron chi connectivity index (χ2n) is 7.44. The summed E-state index contributed by atoms with van der Waals surface area (Å²) in [5.74, 6) is 1.29. The minimum absolute atomic E-state index is 0.0972. The minimum atomic E-state index is -0.116. The molecular formula is C24H25N5O2S2. The van der Waals surface area contributed by atoms with Crippen LogP contribution in [0.5, 0.6) is 5.75 Å². The van der Waals surface area contributed by atoms with E-state index in [2.05, 4.69) is 50.1 Å². The number of benzene rings is 2. The lowest BCUT2D eigenvalue weighted by Gasteiger charge is -2.09. The van der Waals surface area contributed by atoms with Crippen LogP contribution in [-0.4, -0.2) is 38.8 Å². The van der Waals surface area contributed by atoms with Gasteiger partial charge in [0.05, 0.1) is 17.3 Å². The van der Waals surface area contributed by atoms with E-state index in [-0.39, 0.29) is 12.5 Å². The van der Waals surface area contributed by atoms with E-state index >= 15 is 0 Å². The summed E-state index contributed by atoms with van der Waals surface area (Å²) in [5.41, 5.74) is 4.11. The number of carbonyl (C=O) groups excluding carboxylic acids is 1. The van der Waals surface area contributed by atoms with Gasteiger partial charge in [0, 0.05) is 23.1 Å². The Morgan fingerprint density at radius 1 is 1.15 bits per heavy atom. The standard InChI is InChI=1S/C24H25N5O2S2/c1-3-31-20-10-8-19(9-11-20)23-27-28-24(32)29(23)14-22(30)25-13-12-17-4-6-18(7-5-17)21-15-33-16(2)26-21/h4-11,15H,3,12-14H2,1-2H3,(H,25,30)(H,28,32). The third-order valence-corrected chi connectivity index (χ3v) is 6.17. The van der Waals surface area contributed by atoms with E-state index in [0.717, 1.165) is 39.6 Å². The quantitative estimate of drug-likeness (QED) is 0.337. The largest absolute Gasteiger partial charge is 0.494 e. The summed E-state index contributed by atoms with van der Waals surface area (Å²) in [4.78, 5) is 17.1. The molecule has 1 amide bonds. The normalized spacial score (nSPS) is 10.8. The van der Waals surface area contributed by atoms with Gasteiger partial charge in [-0.05, 0) is 62.3 Å². The zero-order valence-corrected chi connectivity index (χ0v) is 20.1. The van der Waals surface area contributed by atoms with E-state index in [9.17, 15) is 4.79 Å². The molecule has 170 valence electrons. The van der Waals surface area contributed by atoms with E-state index in [1.165, 1.54) is 0 Å². The third-order valence-electron chi connectivity index (χ3n) is 5.09. The monoisotopic (exact) mass is 479 g/mol. The predicted octanol–water partition coefficient (Wildman–Crippen LogP) is 4.80. The molecular weight excluding hydrogens is 454 g/mol. The number of hydrogen-bond acceptors (Lipinski definition) is 6. The first-order chi connectivity index (χ1) is 16.0. The Hall–Kier alpha value is -3.30. The SMILES string of the molecule is CCOc1ccc(-c2n[nH]c(=S)n2CC(=O)NCCc2ccc(-c3csc(C)n3)cc2)cc1. The average Bonchev–Trinajstić information content (AvgIpc) is 3.41. The zero-order valence-electron chi connectivity index (χ0n) is 18.5. The van der Waals surface area contributed by atoms with Crippen LogP contribution in [0.15, 0.2) is 53.9 Å². The number of nitrogens with one attached hydrogen (secondary N) is 2. The molecule has 4 rings (SSSR count). The molecule has 2 aromatic carbocycles. The van der Waals surface area contributed by atoms with Crippen molar-refractivity contribution in [3.8, 4) is 28.4 Å². The molecule has 0 saturated carbocycles. The van der Waals surface area contributed by atoms with Crippen LogP contribution in [0.2, 0.25) is 0 Å². The molecule has 2 heterocycles. The summed E-state index contributed by atoms with van der Waals surface area (Å²) in [6, 6.07) is 15.9. The number of aromatic nitrogens is 4. The van der Waals surface area contributed by atoms with Crippen molar-refractivity contribution < 1.29 is 9.53 Å². The second-order valence-corrected chi connectivity index (χ2v) is 8.89. The Kier molecular flexibility index (Phi) is 7.31. The summed E-state index contributed by atoms with van der Waals surface area (Å²) in [5, 5.41) is 13.2. The number of H-pyrrole nitrogens is 1. The number of carbonyl (C=O) groups is 1. The first-order valence-electron chi connectivity index (χ1n) is 10.7. The number of thiazole rings is 1. The van der Waals surface area contributed by atoms with Crippen molar-refractivity contribution in [3.05, 3.63) is 69.3 Å². The summed E-state index contributed by atoms with van der Waals surface area (Å²) >= 11 is 6.98. The molecule has 2 aromatic heterocycles. The van der Waals surface area contributed by atoms with Crippen molar-refractivity contribution in [1.82, 2.24) is 25.1 Å². The molecule has 7 nitrogen and oxygen atoms in total. The fraction of sp³-hybridized carbons (Fsp3) is 0.250. The fourth-order valence-electron chi connectivity index (χ4n) is 3.44.